The number of hydrogen-bond donors (Lipinski definition) is 3. The lowest BCUT2D eigenvalue weighted by atomic mass is 10.1. The van der Waals surface area contributed by atoms with Gasteiger partial charge in [0.1, 0.15) is 16.3 Å². The van der Waals surface area contributed by atoms with E-state index in [0.29, 0.717) is 6.42 Å². The van der Waals surface area contributed by atoms with Gasteiger partial charge in [0.25, 0.3) is 0 Å². The third-order valence-corrected chi connectivity index (χ3v) is 2.13. The van der Waals surface area contributed by atoms with Gasteiger partial charge >= 0.3 is 0 Å². The van der Waals surface area contributed by atoms with Gasteiger partial charge in [-0.05, 0) is 6.42 Å². The van der Waals surface area contributed by atoms with E-state index in [4.69, 9.17) is 15.3 Å². The normalized spacial score (nSPS) is 14.8. The van der Waals surface area contributed by atoms with Crippen LogP contribution in [0.5, 0.6) is 0 Å². The van der Waals surface area contributed by atoms with Crippen molar-refractivity contribution < 1.29 is 15.3 Å². The highest BCUT2D eigenvalue weighted by Gasteiger charge is 2.25. The summed E-state index contributed by atoms with van der Waals surface area (Å²) >= 11 is 0. The molecule has 0 aromatic heterocycles. The highest BCUT2D eigenvalue weighted by Crippen LogP contribution is 2.11. The third-order valence-electron chi connectivity index (χ3n) is 1.80. The average Bonchev–Trinajstić information content (AvgIpc) is 1.96. The van der Waals surface area contributed by atoms with Crippen molar-refractivity contribution in [1.82, 2.24) is 0 Å². The molecule has 71 valence electrons. The summed E-state index contributed by atoms with van der Waals surface area (Å²) in [6, 6.07) is 0. The van der Waals surface area contributed by atoms with Gasteiger partial charge < -0.3 is 15.3 Å². The number of aliphatic hydroxyl groups is 3. The van der Waals surface area contributed by atoms with E-state index in [-0.39, 0.29) is 0 Å². The fraction of sp³-hybridized carbons (Fsp3) is 1.00. The second-order valence-electron chi connectivity index (χ2n) is 3.09. The lowest BCUT2D eigenvalue weighted by molar-refractivity contribution is -0.162. The van der Waals surface area contributed by atoms with E-state index in [2.05, 4.69) is 17.2 Å². The molecule has 0 aliphatic heterocycles. The molecule has 0 fully saturated rings. The summed E-state index contributed by atoms with van der Waals surface area (Å²) in [6.07, 6.45) is 3.41. The molecule has 0 saturated heterocycles. The minimum Gasteiger partial charge on any atom is -0.388 e. The first-order chi connectivity index (χ1) is 5.48. The maximum Gasteiger partial charge on any atom is 0.163 e. The van der Waals surface area contributed by atoms with Crippen LogP contribution in [0.25, 0.3) is 0 Å². The molecule has 0 spiro atoms. The molecule has 3 nitrogen and oxygen atoms in total. The second kappa shape index (κ2) is 5.69. The van der Waals surface area contributed by atoms with Gasteiger partial charge in [0.05, 0.1) is 0 Å². The zero-order chi connectivity index (χ0) is 9.61. The Morgan fingerprint density at radius 1 is 1.25 bits per heavy atom. The largest absolute Gasteiger partial charge is 0.388 e. The Kier molecular flexibility index (Phi) is 5.74. The Morgan fingerprint density at radius 2 is 1.83 bits per heavy atom. The Balaban J connectivity index is 3.38. The molecule has 4 heteroatoms. The highest BCUT2D eigenvalue weighted by atomic mass is 28.1. The molecule has 3 N–H and O–H groups in total. The Labute approximate surface area is 76.8 Å². The third kappa shape index (κ3) is 5.71. The predicted molar refractivity (Wildman–Crippen MR) is 47.7 cm³/mol. The number of rotatable bonds is 6. The van der Waals surface area contributed by atoms with Crippen molar-refractivity contribution in [2.24, 2.45) is 0 Å². The van der Waals surface area contributed by atoms with Gasteiger partial charge in [0.2, 0.25) is 0 Å². The van der Waals surface area contributed by atoms with Crippen LogP contribution < -0.4 is 0 Å². The van der Waals surface area contributed by atoms with Gasteiger partial charge in [-0.3, -0.25) is 0 Å². The number of unbranched alkanes of at least 4 members (excludes halogenated alkanes) is 3. The van der Waals surface area contributed by atoms with Crippen molar-refractivity contribution in [3.8, 4) is 0 Å². The van der Waals surface area contributed by atoms with Gasteiger partial charge in [0, 0.05) is 0 Å². The van der Waals surface area contributed by atoms with E-state index in [1.54, 1.807) is 0 Å². The monoisotopic (exact) mass is 189 g/mol. The molecule has 0 aromatic rings. The molecule has 0 bridgehead atoms. The van der Waals surface area contributed by atoms with Crippen molar-refractivity contribution in [2.45, 2.75) is 50.5 Å². The van der Waals surface area contributed by atoms with Gasteiger partial charge in [0.15, 0.2) is 5.41 Å². The fourth-order valence-corrected chi connectivity index (χ4v) is 1.11. The number of hydrogen-bond acceptors (Lipinski definition) is 3. The smallest absolute Gasteiger partial charge is 0.163 e. The Bertz CT molecular complexity index is 111. The van der Waals surface area contributed by atoms with Gasteiger partial charge in [-0.2, -0.15) is 0 Å². The zero-order valence-electron chi connectivity index (χ0n) is 7.45. The van der Waals surface area contributed by atoms with E-state index >= 15 is 0 Å². The summed E-state index contributed by atoms with van der Waals surface area (Å²) in [6.45, 7) is 2.10. The van der Waals surface area contributed by atoms with Crippen molar-refractivity contribution in [3.63, 3.8) is 0 Å². The molecule has 1 unspecified atom stereocenters. The molecule has 0 rings (SSSR count). The zero-order valence-corrected chi connectivity index (χ0v) is 8.45. The standard InChI is InChI=1S/C8H17O3Si/c1-2-3-4-5-6-7(9)8(10,11)12/h7,9-11H,2-6H2,1H3. The predicted octanol–water partition coefficient (Wildman–Crippen LogP) is 0.125. The molecular formula is C8H17O3Si. The van der Waals surface area contributed by atoms with Crippen LogP contribution in [0, 0.1) is 0 Å². The van der Waals surface area contributed by atoms with Crippen molar-refractivity contribution >= 4 is 10.2 Å². The topological polar surface area (TPSA) is 60.7 Å². The first-order valence-electron chi connectivity index (χ1n) is 4.36. The van der Waals surface area contributed by atoms with Gasteiger partial charge in [-0.15, -0.1) is 0 Å². The van der Waals surface area contributed by atoms with Crippen LogP contribution in [0.3, 0.4) is 0 Å². The minimum atomic E-state index is -2.13. The molecule has 0 heterocycles. The average molecular weight is 189 g/mol. The lowest BCUT2D eigenvalue weighted by Gasteiger charge is -2.22. The molecular weight excluding hydrogens is 172 g/mol. The van der Waals surface area contributed by atoms with Crippen molar-refractivity contribution in [3.05, 3.63) is 0 Å². The summed E-state index contributed by atoms with van der Waals surface area (Å²) in [5, 5.41) is 26.9. The van der Waals surface area contributed by atoms with Crippen LogP contribution in [0.1, 0.15) is 39.0 Å². The van der Waals surface area contributed by atoms with Crippen LogP contribution in [0.4, 0.5) is 0 Å². The van der Waals surface area contributed by atoms with Crippen LogP contribution >= 0.6 is 0 Å². The van der Waals surface area contributed by atoms with Gasteiger partial charge in [-0.1, -0.05) is 32.6 Å². The molecule has 3 radical (unpaired) electrons. The first kappa shape index (κ1) is 12.1. The van der Waals surface area contributed by atoms with E-state index in [0.717, 1.165) is 25.7 Å². The summed E-state index contributed by atoms with van der Waals surface area (Å²) in [4.78, 5) is 0. The maximum absolute atomic E-state index is 9.14. The first-order valence-corrected chi connectivity index (χ1v) is 4.86. The molecule has 0 aliphatic rings. The second-order valence-corrected chi connectivity index (χ2v) is 3.83. The van der Waals surface area contributed by atoms with E-state index < -0.39 is 11.5 Å². The Hall–Kier alpha value is 0.0969. The molecule has 0 aromatic carbocycles. The fourth-order valence-electron chi connectivity index (χ4n) is 0.966. The molecule has 12 heavy (non-hydrogen) atoms. The summed E-state index contributed by atoms with van der Waals surface area (Å²) in [5.74, 6) is 0. The minimum absolute atomic E-state index is 0.413. The Morgan fingerprint density at radius 3 is 2.25 bits per heavy atom. The lowest BCUT2D eigenvalue weighted by Crippen LogP contribution is -2.42. The SMILES string of the molecule is CCCCCCC(O)C(O)(O)[Si]. The molecule has 1 atom stereocenters. The van der Waals surface area contributed by atoms with E-state index in [1.165, 1.54) is 0 Å². The molecule has 0 amide bonds. The maximum atomic E-state index is 9.14. The quantitative estimate of drug-likeness (QED) is 0.316. The molecule has 0 aliphatic carbocycles. The summed E-state index contributed by atoms with van der Waals surface area (Å²) in [5.41, 5.74) is -2.13. The van der Waals surface area contributed by atoms with Crippen molar-refractivity contribution in [1.29, 1.82) is 0 Å². The summed E-state index contributed by atoms with van der Waals surface area (Å²) < 4.78 is 0. The van der Waals surface area contributed by atoms with E-state index in [1.807, 2.05) is 0 Å². The van der Waals surface area contributed by atoms with Crippen LogP contribution in [-0.2, 0) is 0 Å². The molecule has 0 saturated carbocycles. The van der Waals surface area contributed by atoms with Crippen molar-refractivity contribution in [2.75, 3.05) is 0 Å². The number of aliphatic hydroxyl groups excluding tert-OH is 1. The van der Waals surface area contributed by atoms with Crippen LogP contribution in [0.2, 0.25) is 0 Å². The van der Waals surface area contributed by atoms with Crippen LogP contribution in [-0.4, -0.2) is 37.1 Å². The summed E-state index contributed by atoms with van der Waals surface area (Å²) in [7, 11) is 2.62. The highest BCUT2D eigenvalue weighted by molar-refractivity contribution is 6.13. The van der Waals surface area contributed by atoms with Crippen LogP contribution in [0.15, 0.2) is 0 Å². The van der Waals surface area contributed by atoms with E-state index in [9.17, 15) is 0 Å². The van der Waals surface area contributed by atoms with Gasteiger partial charge in [-0.25, -0.2) is 0 Å².